The van der Waals surface area contributed by atoms with Crippen LogP contribution in [0.1, 0.15) is 42.1 Å². The van der Waals surface area contributed by atoms with Crippen LogP contribution < -0.4 is 10.6 Å². The molecule has 0 atom stereocenters. The average molecular weight is 287 g/mol. The molecule has 1 aliphatic carbocycles. The summed E-state index contributed by atoms with van der Waals surface area (Å²) in [6.07, 6.45) is 4.85. The number of benzene rings is 1. The first kappa shape index (κ1) is 14.4. The summed E-state index contributed by atoms with van der Waals surface area (Å²) in [7, 11) is 0. The molecule has 1 saturated carbocycles. The molecule has 21 heavy (non-hydrogen) atoms. The fraction of sp³-hybridized carbons (Fsp3) is 0.588. The number of anilines is 1. The van der Waals surface area contributed by atoms with Crippen molar-refractivity contribution >= 4 is 11.6 Å². The number of hydrogen-bond donors (Lipinski definition) is 2. The van der Waals surface area contributed by atoms with Crippen LogP contribution in [0.4, 0.5) is 5.69 Å². The smallest absolute Gasteiger partial charge is 0.251 e. The van der Waals surface area contributed by atoms with Crippen LogP contribution in [0.15, 0.2) is 18.2 Å². The van der Waals surface area contributed by atoms with Gasteiger partial charge in [-0.1, -0.05) is 6.92 Å². The van der Waals surface area contributed by atoms with Crippen LogP contribution in [0.3, 0.4) is 0 Å². The SMILES string of the molecule is CCN(CCNC(=O)c1ccc2c(c1)CCCN2)C1CC1. The maximum absolute atomic E-state index is 12.2. The van der Waals surface area contributed by atoms with Gasteiger partial charge in [0.05, 0.1) is 0 Å². The van der Waals surface area contributed by atoms with E-state index in [0.717, 1.165) is 50.6 Å². The topological polar surface area (TPSA) is 44.4 Å². The monoisotopic (exact) mass is 287 g/mol. The lowest BCUT2D eigenvalue weighted by Crippen LogP contribution is -2.36. The molecule has 2 N–H and O–H groups in total. The van der Waals surface area contributed by atoms with Gasteiger partial charge in [0.1, 0.15) is 0 Å². The number of hydrogen-bond acceptors (Lipinski definition) is 3. The quantitative estimate of drug-likeness (QED) is 0.843. The third kappa shape index (κ3) is 3.56. The van der Waals surface area contributed by atoms with Crippen molar-refractivity contribution in [3.05, 3.63) is 29.3 Å². The highest BCUT2D eigenvalue weighted by molar-refractivity contribution is 5.94. The number of nitrogens with one attached hydrogen (secondary N) is 2. The Morgan fingerprint density at radius 3 is 3.05 bits per heavy atom. The predicted octanol–water partition coefficient (Wildman–Crippen LogP) is 2.26. The molecule has 0 spiro atoms. The maximum Gasteiger partial charge on any atom is 0.251 e. The van der Waals surface area contributed by atoms with Crippen LogP contribution in [-0.4, -0.2) is 43.0 Å². The van der Waals surface area contributed by atoms with Gasteiger partial charge in [-0.25, -0.2) is 0 Å². The lowest BCUT2D eigenvalue weighted by Gasteiger charge is -2.20. The minimum absolute atomic E-state index is 0.0511. The Balaban J connectivity index is 1.52. The van der Waals surface area contributed by atoms with Crippen molar-refractivity contribution in [3.63, 3.8) is 0 Å². The molecular formula is C17H25N3O. The Morgan fingerprint density at radius 1 is 1.43 bits per heavy atom. The van der Waals surface area contributed by atoms with E-state index in [1.54, 1.807) is 0 Å². The van der Waals surface area contributed by atoms with Crippen LogP contribution in [0.2, 0.25) is 0 Å². The van der Waals surface area contributed by atoms with Gasteiger partial charge in [-0.05, 0) is 56.0 Å². The third-order valence-corrected chi connectivity index (χ3v) is 4.46. The molecule has 1 aromatic rings. The number of carbonyl (C=O) groups is 1. The van der Waals surface area contributed by atoms with Gasteiger partial charge in [0, 0.05) is 36.9 Å². The molecule has 1 heterocycles. The van der Waals surface area contributed by atoms with E-state index >= 15 is 0 Å². The van der Waals surface area contributed by atoms with E-state index in [-0.39, 0.29) is 5.91 Å². The van der Waals surface area contributed by atoms with Gasteiger partial charge in [-0.2, -0.15) is 0 Å². The first-order valence-corrected chi connectivity index (χ1v) is 8.17. The predicted molar refractivity (Wildman–Crippen MR) is 85.9 cm³/mol. The third-order valence-electron chi connectivity index (χ3n) is 4.46. The van der Waals surface area contributed by atoms with Crippen molar-refractivity contribution in [3.8, 4) is 0 Å². The van der Waals surface area contributed by atoms with Crippen LogP contribution in [0.25, 0.3) is 0 Å². The van der Waals surface area contributed by atoms with E-state index in [0.29, 0.717) is 0 Å². The van der Waals surface area contributed by atoms with E-state index in [1.165, 1.54) is 24.1 Å². The summed E-state index contributed by atoms with van der Waals surface area (Å²) in [5.74, 6) is 0.0511. The largest absolute Gasteiger partial charge is 0.385 e. The summed E-state index contributed by atoms with van der Waals surface area (Å²) in [5, 5.41) is 6.43. The molecule has 2 aliphatic rings. The first-order chi connectivity index (χ1) is 10.3. The fourth-order valence-electron chi connectivity index (χ4n) is 3.07. The van der Waals surface area contributed by atoms with Crippen molar-refractivity contribution in [1.82, 2.24) is 10.2 Å². The fourth-order valence-corrected chi connectivity index (χ4v) is 3.07. The van der Waals surface area contributed by atoms with Crippen molar-refractivity contribution in [2.75, 3.05) is 31.5 Å². The van der Waals surface area contributed by atoms with Crippen molar-refractivity contribution < 1.29 is 4.79 Å². The minimum Gasteiger partial charge on any atom is -0.385 e. The summed E-state index contributed by atoms with van der Waals surface area (Å²) in [5.41, 5.74) is 3.23. The van der Waals surface area contributed by atoms with Crippen LogP contribution in [-0.2, 0) is 6.42 Å². The highest BCUT2D eigenvalue weighted by Gasteiger charge is 2.27. The van der Waals surface area contributed by atoms with Gasteiger partial charge in [0.15, 0.2) is 0 Å². The number of likely N-dealkylation sites (N-methyl/N-ethyl adjacent to an activating group) is 1. The van der Waals surface area contributed by atoms with Gasteiger partial charge in [0.2, 0.25) is 0 Å². The number of aryl methyl sites for hydroxylation is 1. The van der Waals surface area contributed by atoms with Crippen molar-refractivity contribution in [1.29, 1.82) is 0 Å². The Morgan fingerprint density at radius 2 is 2.29 bits per heavy atom. The van der Waals surface area contributed by atoms with E-state index in [2.05, 4.69) is 22.5 Å². The molecule has 4 heteroatoms. The average Bonchev–Trinajstić information content (AvgIpc) is 3.35. The lowest BCUT2D eigenvalue weighted by molar-refractivity contribution is 0.0948. The molecule has 4 nitrogen and oxygen atoms in total. The van der Waals surface area contributed by atoms with Crippen molar-refractivity contribution in [2.24, 2.45) is 0 Å². The zero-order valence-corrected chi connectivity index (χ0v) is 12.8. The summed E-state index contributed by atoms with van der Waals surface area (Å²) in [6, 6.07) is 6.76. The molecule has 0 unspecified atom stereocenters. The maximum atomic E-state index is 12.2. The zero-order chi connectivity index (χ0) is 14.7. The Kier molecular flexibility index (Phi) is 4.44. The van der Waals surface area contributed by atoms with E-state index in [9.17, 15) is 4.79 Å². The second-order valence-corrected chi connectivity index (χ2v) is 6.02. The summed E-state index contributed by atoms with van der Waals surface area (Å²) >= 11 is 0. The van der Waals surface area contributed by atoms with E-state index < -0.39 is 0 Å². The van der Waals surface area contributed by atoms with Gasteiger partial charge < -0.3 is 10.6 Å². The van der Waals surface area contributed by atoms with E-state index in [1.807, 2.05) is 18.2 Å². The molecule has 0 saturated heterocycles. The minimum atomic E-state index is 0.0511. The van der Waals surface area contributed by atoms with Gasteiger partial charge in [-0.15, -0.1) is 0 Å². The lowest BCUT2D eigenvalue weighted by atomic mass is 10.0. The summed E-state index contributed by atoms with van der Waals surface area (Å²) in [6.45, 7) is 5.99. The molecule has 0 radical (unpaired) electrons. The Bertz CT molecular complexity index is 511. The van der Waals surface area contributed by atoms with Crippen LogP contribution >= 0.6 is 0 Å². The van der Waals surface area contributed by atoms with Crippen LogP contribution in [0.5, 0.6) is 0 Å². The standard InChI is InChI=1S/C17H25N3O/c1-2-20(15-6-7-15)11-10-19-17(21)14-5-8-16-13(12-14)4-3-9-18-16/h5,8,12,15,18H,2-4,6-7,9-11H2,1H3,(H,19,21). The summed E-state index contributed by atoms with van der Waals surface area (Å²) < 4.78 is 0. The molecule has 1 aromatic carbocycles. The highest BCUT2D eigenvalue weighted by atomic mass is 16.1. The number of rotatable bonds is 6. The second-order valence-electron chi connectivity index (χ2n) is 6.02. The normalized spacial score (nSPS) is 17.2. The summed E-state index contributed by atoms with van der Waals surface area (Å²) in [4.78, 5) is 14.7. The molecule has 1 fully saturated rings. The molecule has 0 aromatic heterocycles. The molecule has 0 bridgehead atoms. The number of nitrogens with zero attached hydrogens (tertiary/aromatic N) is 1. The number of amides is 1. The molecule has 3 rings (SSSR count). The molecule has 1 amide bonds. The Labute approximate surface area is 126 Å². The van der Waals surface area contributed by atoms with Crippen LogP contribution in [0, 0.1) is 0 Å². The molecule has 1 aliphatic heterocycles. The number of fused-ring (bicyclic) bond motifs is 1. The molecular weight excluding hydrogens is 262 g/mol. The van der Waals surface area contributed by atoms with Crippen molar-refractivity contribution in [2.45, 2.75) is 38.6 Å². The first-order valence-electron chi connectivity index (χ1n) is 8.17. The van der Waals surface area contributed by atoms with Gasteiger partial charge in [-0.3, -0.25) is 9.69 Å². The molecule has 114 valence electrons. The zero-order valence-electron chi connectivity index (χ0n) is 12.8. The Hall–Kier alpha value is -1.55. The number of carbonyl (C=O) groups excluding carboxylic acids is 1. The van der Waals surface area contributed by atoms with E-state index in [4.69, 9.17) is 0 Å². The van der Waals surface area contributed by atoms with Gasteiger partial charge in [0.25, 0.3) is 5.91 Å². The highest BCUT2D eigenvalue weighted by Crippen LogP contribution is 2.26. The second kappa shape index (κ2) is 6.48. The van der Waals surface area contributed by atoms with Gasteiger partial charge >= 0.3 is 0 Å².